The lowest BCUT2D eigenvalue weighted by molar-refractivity contribution is -0.183. The lowest BCUT2D eigenvalue weighted by Crippen LogP contribution is -2.47. The highest BCUT2D eigenvalue weighted by Crippen LogP contribution is 2.55. The largest absolute Gasteiger partial charge is 0.463 e. The predicted octanol–water partition coefficient (Wildman–Crippen LogP) is 7.83. The van der Waals surface area contributed by atoms with Gasteiger partial charge in [-0.3, -0.25) is 14.5 Å². The number of nitrogens with two attached hydrogens (primary N) is 1. The van der Waals surface area contributed by atoms with Crippen LogP contribution in [0, 0.1) is 11.3 Å². The molecule has 0 saturated heterocycles. The fraction of sp³-hybridized carbons (Fsp3) is 0.472. The number of halogens is 9. The van der Waals surface area contributed by atoms with Crippen molar-refractivity contribution in [3.05, 3.63) is 77.0 Å². The van der Waals surface area contributed by atoms with Gasteiger partial charge in [-0.25, -0.2) is 28.1 Å². The van der Waals surface area contributed by atoms with Gasteiger partial charge in [0.05, 0.1) is 35.3 Å². The van der Waals surface area contributed by atoms with Crippen LogP contribution in [-0.4, -0.2) is 71.5 Å². The van der Waals surface area contributed by atoms with E-state index in [0.29, 0.717) is 11.1 Å². The predicted molar refractivity (Wildman–Crippen MR) is 188 cm³/mol. The molecular weight excluding hydrogens is 794 g/mol. The number of carbonyl (C=O) groups is 2. The van der Waals surface area contributed by atoms with Crippen LogP contribution in [0.2, 0.25) is 5.02 Å². The Labute approximate surface area is 325 Å². The topological polar surface area (TPSA) is 146 Å². The van der Waals surface area contributed by atoms with Gasteiger partial charge < -0.3 is 10.5 Å². The summed E-state index contributed by atoms with van der Waals surface area (Å²) in [6.45, 7) is 5.57. The Morgan fingerprint density at radius 3 is 2.28 bits per heavy atom. The molecule has 3 heterocycles. The third-order valence-corrected chi connectivity index (χ3v) is 10.2. The highest BCUT2D eigenvalue weighted by atomic mass is 35.5. The van der Waals surface area contributed by atoms with Gasteiger partial charge >= 0.3 is 18.3 Å². The lowest BCUT2D eigenvalue weighted by Gasteiger charge is -2.35. The number of hydrogen-bond acceptors (Lipinski definition) is 9. The number of rotatable bonds is 12. The molecule has 3 atom stereocenters. The van der Waals surface area contributed by atoms with Gasteiger partial charge in [-0.05, 0) is 47.9 Å². The number of benzene rings is 2. The summed E-state index contributed by atoms with van der Waals surface area (Å²) < 4.78 is 116. The number of ether oxygens (including phenoxy) is 1. The number of aliphatic imine (C=N–C) groups is 1. The summed E-state index contributed by atoms with van der Waals surface area (Å²) in [6, 6.07) is 8.73. The van der Waals surface area contributed by atoms with E-state index in [9.17, 15) is 44.7 Å². The standard InChI is InChI=1S/C36H36ClF8N9O3/c1-19(35(40,41)42)13-27(55)57-16-26(21-7-10-23(37)25(14-21)54-29(28(38)39)47-18-48-54)53-30(56)34(49-31(53)46,17-32(2,3)4)22-8-5-20(6-9-22)24-15-52(51-50-24)33(11-12-33)36(43,44)45/h5-10,14-15,18-19,26,28H,11-13,16-17H2,1-4H3,(H2,46,49)/t19-,26-,34-/m1/s1. The van der Waals surface area contributed by atoms with Gasteiger partial charge in [0.2, 0.25) is 0 Å². The van der Waals surface area contributed by atoms with Gasteiger partial charge in [0, 0.05) is 5.56 Å². The summed E-state index contributed by atoms with van der Waals surface area (Å²) in [6.07, 6.45) is -11.5. The van der Waals surface area contributed by atoms with Crippen LogP contribution >= 0.6 is 11.6 Å². The Kier molecular flexibility index (Phi) is 10.7. The van der Waals surface area contributed by atoms with Crippen molar-refractivity contribution in [3.8, 4) is 16.9 Å². The van der Waals surface area contributed by atoms with Crippen molar-refractivity contribution in [3.63, 3.8) is 0 Å². The Bertz CT molecular complexity index is 2180. The Morgan fingerprint density at radius 2 is 1.70 bits per heavy atom. The van der Waals surface area contributed by atoms with Crippen molar-refractivity contribution in [1.82, 2.24) is 34.7 Å². The first-order valence-corrected chi connectivity index (χ1v) is 17.8. The van der Waals surface area contributed by atoms with Crippen molar-refractivity contribution >= 4 is 29.4 Å². The molecule has 21 heteroatoms. The number of aromatic nitrogens is 6. The SMILES string of the molecule is C[C@H](CC(=O)OC[C@H](c1ccc(Cl)c(-n2ncnc2C(F)F)c1)N1C(=O)[C@@](CC(C)(C)C)(c2ccc(-c3cn(C4(C(F)(F)F)CC4)nn3)cc2)N=C1N)C(F)(F)F. The molecule has 2 aromatic heterocycles. The maximum absolute atomic E-state index is 14.9. The molecule has 1 aliphatic carbocycles. The van der Waals surface area contributed by atoms with Crippen LogP contribution in [0.1, 0.15) is 82.8 Å². The van der Waals surface area contributed by atoms with Crippen LogP contribution in [0.15, 0.2) is 60.0 Å². The van der Waals surface area contributed by atoms with E-state index in [4.69, 9.17) is 22.1 Å². The van der Waals surface area contributed by atoms with E-state index in [2.05, 4.69) is 25.4 Å². The van der Waals surface area contributed by atoms with Crippen LogP contribution in [-0.2, 0) is 25.4 Å². The minimum absolute atomic E-state index is 0.0395. The number of amides is 1. The Morgan fingerprint density at radius 1 is 1.04 bits per heavy atom. The van der Waals surface area contributed by atoms with Crippen molar-refractivity contribution in [2.45, 2.75) is 89.3 Å². The molecule has 306 valence electrons. The molecule has 2 aromatic carbocycles. The summed E-state index contributed by atoms with van der Waals surface area (Å²) in [5, 5.41) is 11.5. The number of esters is 1. The summed E-state index contributed by atoms with van der Waals surface area (Å²) in [5.41, 5.74) is 2.87. The minimum atomic E-state index is -4.70. The highest BCUT2D eigenvalue weighted by Gasteiger charge is 2.66. The summed E-state index contributed by atoms with van der Waals surface area (Å²) in [4.78, 5) is 36.9. The molecule has 0 spiro atoms. The molecule has 1 saturated carbocycles. The molecule has 6 rings (SSSR count). The van der Waals surface area contributed by atoms with Crippen molar-refractivity contribution in [2.24, 2.45) is 22.1 Å². The zero-order chi connectivity index (χ0) is 41.9. The smallest absolute Gasteiger partial charge is 0.413 e. The summed E-state index contributed by atoms with van der Waals surface area (Å²) in [7, 11) is 0. The van der Waals surface area contributed by atoms with E-state index >= 15 is 0 Å². The average Bonchev–Trinajstić information content (AvgIpc) is 3.43. The molecule has 2 aliphatic rings. The normalized spacial score (nSPS) is 19.5. The van der Waals surface area contributed by atoms with E-state index in [1.807, 2.05) is 20.8 Å². The molecule has 57 heavy (non-hydrogen) atoms. The quantitative estimate of drug-likeness (QED) is 0.112. The Hall–Kier alpha value is -5.14. The van der Waals surface area contributed by atoms with Crippen LogP contribution in [0.5, 0.6) is 0 Å². The number of alkyl halides is 8. The number of hydrogen-bond donors (Lipinski definition) is 1. The van der Waals surface area contributed by atoms with E-state index in [0.717, 1.165) is 27.5 Å². The van der Waals surface area contributed by atoms with E-state index in [1.54, 1.807) is 12.1 Å². The van der Waals surface area contributed by atoms with Crippen LogP contribution < -0.4 is 5.73 Å². The number of nitrogens with zero attached hydrogens (tertiary/aromatic N) is 8. The molecule has 1 amide bonds. The second-order valence-corrected chi connectivity index (χ2v) is 15.7. The maximum Gasteiger partial charge on any atom is 0.413 e. The van der Waals surface area contributed by atoms with Crippen LogP contribution in [0.25, 0.3) is 16.9 Å². The Balaban J connectivity index is 1.39. The van der Waals surface area contributed by atoms with E-state index in [1.165, 1.54) is 36.5 Å². The first-order chi connectivity index (χ1) is 26.5. The second-order valence-electron chi connectivity index (χ2n) is 15.3. The van der Waals surface area contributed by atoms with Gasteiger partial charge in [-0.2, -0.15) is 31.4 Å². The zero-order valence-electron chi connectivity index (χ0n) is 30.7. The monoisotopic (exact) mass is 829 g/mol. The van der Waals surface area contributed by atoms with Crippen molar-refractivity contribution in [1.29, 1.82) is 0 Å². The zero-order valence-corrected chi connectivity index (χ0v) is 31.5. The molecule has 0 bridgehead atoms. The third kappa shape index (κ3) is 8.04. The summed E-state index contributed by atoms with van der Waals surface area (Å²) >= 11 is 6.40. The molecule has 1 aliphatic heterocycles. The first kappa shape index (κ1) is 41.5. The van der Waals surface area contributed by atoms with Gasteiger partial charge in [-0.1, -0.05) is 74.8 Å². The van der Waals surface area contributed by atoms with Gasteiger partial charge in [0.1, 0.15) is 18.6 Å². The number of guanidine groups is 1. The molecule has 12 nitrogen and oxygen atoms in total. The first-order valence-electron chi connectivity index (χ1n) is 17.5. The van der Waals surface area contributed by atoms with Gasteiger partial charge in [-0.15, -0.1) is 5.10 Å². The van der Waals surface area contributed by atoms with E-state index in [-0.39, 0.29) is 47.2 Å². The minimum Gasteiger partial charge on any atom is -0.463 e. The van der Waals surface area contributed by atoms with E-state index < -0.39 is 78.0 Å². The van der Waals surface area contributed by atoms with Crippen LogP contribution in [0.3, 0.4) is 0 Å². The molecule has 0 unspecified atom stereocenters. The van der Waals surface area contributed by atoms with Crippen molar-refractivity contribution < 1.29 is 49.4 Å². The molecule has 4 aromatic rings. The highest BCUT2D eigenvalue weighted by molar-refractivity contribution is 6.32. The fourth-order valence-corrected chi connectivity index (χ4v) is 6.96. The lowest BCUT2D eigenvalue weighted by atomic mass is 9.75. The molecule has 1 fully saturated rings. The van der Waals surface area contributed by atoms with Crippen molar-refractivity contribution in [2.75, 3.05) is 6.61 Å². The molecule has 2 N–H and O–H groups in total. The van der Waals surface area contributed by atoms with Gasteiger partial charge in [0.15, 0.2) is 22.9 Å². The average molecular weight is 830 g/mol. The fourth-order valence-electron chi connectivity index (χ4n) is 6.76. The number of carbonyl (C=O) groups excluding carboxylic acids is 2. The summed E-state index contributed by atoms with van der Waals surface area (Å²) in [5.74, 6) is -5.16. The second kappa shape index (κ2) is 14.7. The van der Waals surface area contributed by atoms with Gasteiger partial charge in [0.25, 0.3) is 12.3 Å². The maximum atomic E-state index is 14.9. The molecule has 0 radical (unpaired) electrons. The third-order valence-electron chi connectivity index (χ3n) is 9.85. The van der Waals surface area contributed by atoms with Crippen LogP contribution in [0.4, 0.5) is 35.1 Å². The molecular formula is C36H36ClF8N9O3.